The van der Waals surface area contributed by atoms with Gasteiger partial charge < -0.3 is 14.9 Å². The van der Waals surface area contributed by atoms with Gasteiger partial charge in [0.1, 0.15) is 0 Å². The number of hydrogen-bond donors (Lipinski definition) is 0. The zero-order valence-electron chi connectivity index (χ0n) is 28.3. The van der Waals surface area contributed by atoms with Gasteiger partial charge in [-0.15, -0.1) is 87.8 Å². The Labute approximate surface area is 302 Å². The second-order valence-electron chi connectivity index (χ2n) is 12.3. The Kier molecular flexibility index (Phi) is 17.9. The van der Waals surface area contributed by atoms with Crippen molar-refractivity contribution in [1.29, 1.82) is 0 Å². The zero-order valence-corrected chi connectivity index (χ0v) is 33.4. The molecule has 6 rings (SSSR count). The van der Waals surface area contributed by atoms with Gasteiger partial charge in [0, 0.05) is 0 Å². The molecule has 0 spiro atoms. The van der Waals surface area contributed by atoms with Crippen molar-refractivity contribution in [3.8, 4) is 22.3 Å². The van der Waals surface area contributed by atoms with Crippen LogP contribution in [0.4, 0.5) is 0 Å². The first-order chi connectivity index (χ1) is 19.6. The van der Waals surface area contributed by atoms with Gasteiger partial charge >= 0.3 is 30.2 Å². The van der Waals surface area contributed by atoms with E-state index in [0.717, 1.165) is 0 Å². The van der Waals surface area contributed by atoms with E-state index in [2.05, 4.69) is 165 Å². The molecular formula is C41H48Cl2SiZr-4. The Balaban J connectivity index is 0.000000768. The predicted molar refractivity (Wildman–Crippen MR) is 205 cm³/mol. The Morgan fingerprint density at radius 1 is 0.622 bits per heavy atom. The number of fused-ring (bicyclic) bond motifs is 2. The molecule has 4 heteroatoms. The minimum absolute atomic E-state index is 0. The monoisotopic (exact) mass is 728 g/mol. The Morgan fingerprint density at radius 2 is 1.20 bits per heavy atom. The van der Waals surface area contributed by atoms with Crippen molar-refractivity contribution in [2.45, 2.75) is 59.8 Å². The molecule has 0 N–H and O–H groups in total. The molecule has 0 atom stereocenters. The standard InChI is InChI=1S/C22H25.C17H15.2CH3.2ClH.Si.Zr/c1-15(2)18-13-17-7-6-8-20(21(17)14-18)16-9-11-19(12-10-16)22(3,4)5;1-12-8-15-9-13(2)11-17(15)16(10-12)14-6-4-3-5-7-14;;;;;;/h6-15H,1-5H3;3-11H,1-2H3;2*1H3;2*1H;;/q4*-1;;;;. The first kappa shape index (κ1) is 42.8. The van der Waals surface area contributed by atoms with Crippen LogP contribution in [0.2, 0.25) is 0 Å². The van der Waals surface area contributed by atoms with Crippen LogP contribution in [0.5, 0.6) is 0 Å². The van der Waals surface area contributed by atoms with Crippen LogP contribution in [0.1, 0.15) is 62.8 Å². The first-order valence-corrected chi connectivity index (χ1v) is 18.6. The molecule has 0 aliphatic rings. The third-order valence-corrected chi connectivity index (χ3v) is 7.70. The molecule has 0 amide bonds. The van der Waals surface area contributed by atoms with Gasteiger partial charge in [-0.05, 0) is 34.9 Å². The van der Waals surface area contributed by atoms with E-state index in [1.54, 1.807) is 0 Å². The van der Waals surface area contributed by atoms with Crippen LogP contribution in [0, 0.1) is 28.7 Å². The average molecular weight is 731 g/mol. The normalized spacial score (nSPS) is 10.2. The van der Waals surface area contributed by atoms with E-state index in [0.29, 0.717) is 5.92 Å². The third kappa shape index (κ3) is 10.4. The predicted octanol–water partition coefficient (Wildman–Crippen LogP) is 12.9. The topological polar surface area (TPSA) is 0 Å². The molecule has 0 bridgehead atoms. The molecule has 0 fully saturated rings. The van der Waals surface area contributed by atoms with Crippen LogP contribution in [0.25, 0.3) is 43.8 Å². The summed E-state index contributed by atoms with van der Waals surface area (Å²) in [5.74, 6) is 0.573. The van der Waals surface area contributed by atoms with Gasteiger partial charge in [-0.3, -0.25) is 0 Å². The van der Waals surface area contributed by atoms with Crippen molar-refractivity contribution in [2.24, 2.45) is 0 Å². The van der Waals surface area contributed by atoms with E-state index in [-0.39, 0.29) is 45.1 Å². The molecule has 0 heterocycles. The Hall–Kier alpha value is -2.22. The number of rotatable bonds is 3. The molecule has 0 unspecified atom stereocenters. The second kappa shape index (κ2) is 18.8. The van der Waals surface area contributed by atoms with Crippen molar-refractivity contribution in [2.75, 3.05) is 0 Å². The third-order valence-electron chi connectivity index (χ3n) is 7.70. The number of aryl methyl sites for hydroxylation is 2. The van der Waals surface area contributed by atoms with Gasteiger partial charge in [0.2, 0.25) is 0 Å². The SMILES string of the molecule is CC(C)c1cc2c(-c3ccc(C(C)(C)C)cc3)cccc2[cH-]1.Cc1cc(-c2ccccc2)c2cc(C)[cH-]c2c1.Cl.Cl.[CH3-].[CH3-].[Si]=[Zr]. The number of benzene rings is 4. The van der Waals surface area contributed by atoms with E-state index in [9.17, 15) is 0 Å². The second-order valence-corrected chi connectivity index (χ2v) is 12.3. The Morgan fingerprint density at radius 3 is 1.78 bits per heavy atom. The summed E-state index contributed by atoms with van der Waals surface area (Å²) < 4.78 is 0. The quantitative estimate of drug-likeness (QED) is 0.126. The van der Waals surface area contributed by atoms with E-state index in [4.69, 9.17) is 0 Å². The summed E-state index contributed by atoms with van der Waals surface area (Å²) in [6.45, 7) is 18.7. The van der Waals surface area contributed by atoms with Crippen LogP contribution in [-0.2, 0) is 28.8 Å². The molecule has 238 valence electrons. The van der Waals surface area contributed by atoms with Gasteiger partial charge in [0.15, 0.2) is 0 Å². The van der Waals surface area contributed by atoms with Crippen molar-refractivity contribution in [3.63, 3.8) is 0 Å². The van der Waals surface area contributed by atoms with Gasteiger partial charge in [-0.25, -0.2) is 0 Å². The van der Waals surface area contributed by atoms with E-state index in [1.165, 1.54) is 89.4 Å². The summed E-state index contributed by atoms with van der Waals surface area (Å²) >= 11 is 1.36. The molecule has 0 aromatic heterocycles. The minimum atomic E-state index is 0. The Bertz CT molecular complexity index is 1740. The fourth-order valence-electron chi connectivity index (χ4n) is 5.47. The molecule has 6 aromatic carbocycles. The van der Waals surface area contributed by atoms with Crippen LogP contribution in [0.15, 0.2) is 109 Å². The first-order valence-electron chi connectivity index (χ1n) is 14.4. The van der Waals surface area contributed by atoms with Crippen LogP contribution in [0.3, 0.4) is 0 Å². The van der Waals surface area contributed by atoms with Crippen LogP contribution >= 0.6 is 24.8 Å². The van der Waals surface area contributed by atoms with E-state index >= 15 is 0 Å². The van der Waals surface area contributed by atoms with Crippen molar-refractivity contribution >= 4 is 53.2 Å². The fraction of sp³-hybridized carbons (Fsp3) is 0.220. The van der Waals surface area contributed by atoms with Gasteiger partial charge in [0.05, 0.1) is 0 Å². The molecule has 0 aliphatic carbocycles. The van der Waals surface area contributed by atoms with Gasteiger partial charge in [0.25, 0.3) is 0 Å². The van der Waals surface area contributed by atoms with Gasteiger partial charge in [-0.2, -0.15) is 12.1 Å². The number of halogens is 2. The van der Waals surface area contributed by atoms with Crippen molar-refractivity contribution < 1.29 is 23.3 Å². The van der Waals surface area contributed by atoms with E-state index in [1.807, 2.05) is 0 Å². The summed E-state index contributed by atoms with van der Waals surface area (Å²) in [4.78, 5) is 0. The summed E-state index contributed by atoms with van der Waals surface area (Å²) in [6, 6.07) is 40.0. The zero-order chi connectivity index (χ0) is 29.7. The molecule has 0 nitrogen and oxygen atoms in total. The fourth-order valence-corrected chi connectivity index (χ4v) is 5.47. The van der Waals surface area contributed by atoms with Gasteiger partial charge in [-0.1, -0.05) is 125 Å². The maximum absolute atomic E-state index is 3.06. The summed E-state index contributed by atoms with van der Waals surface area (Å²) in [5, 5.41) is 5.43. The molecule has 0 saturated carbocycles. The number of hydrogen-bond acceptors (Lipinski definition) is 0. The molecule has 6 aromatic rings. The summed E-state index contributed by atoms with van der Waals surface area (Å²) in [6.07, 6.45) is 0. The molecule has 0 aliphatic heterocycles. The molecular weight excluding hydrogens is 683 g/mol. The van der Waals surface area contributed by atoms with Crippen molar-refractivity contribution in [3.05, 3.63) is 146 Å². The molecule has 2 radical (unpaired) electrons. The van der Waals surface area contributed by atoms with Crippen LogP contribution < -0.4 is 0 Å². The van der Waals surface area contributed by atoms with E-state index < -0.39 is 0 Å². The van der Waals surface area contributed by atoms with Crippen molar-refractivity contribution in [1.82, 2.24) is 0 Å². The molecule has 45 heavy (non-hydrogen) atoms. The average Bonchev–Trinajstić information content (AvgIpc) is 3.57. The molecule has 0 saturated heterocycles. The summed E-state index contributed by atoms with van der Waals surface area (Å²) in [7, 11) is 0. The summed E-state index contributed by atoms with van der Waals surface area (Å²) in [5.41, 5.74) is 11.0. The maximum atomic E-state index is 3.06. The van der Waals surface area contributed by atoms with Crippen LogP contribution in [-0.4, -0.2) is 6.88 Å².